The summed E-state index contributed by atoms with van der Waals surface area (Å²) in [5.41, 5.74) is 1.08. The molecule has 0 radical (unpaired) electrons. The quantitative estimate of drug-likeness (QED) is 0.587. The molecule has 1 N–H and O–H groups in total. The van der Waals surface area contributed by atoms with Crippen molar-refractivity contribution in [3.63, 3.8) is 0 Å². The second kappa shape index (κ2) is 7.92. The Labute approximate surface area is 161 Å². The Morgan fingerprint density at radius 3 is 2.59 bits per heavy atom. The molecule has 1 aliphatic rings. The van der Waals surface area contributed by atoms with E-state index >= 15 is 0 Å². The van der Waals surface area contributed by atoms with Crippen LogP contribution in [-0.2, 0) is 0 Å². The van der Waals surface area contributed by atoms with Crippen LogP contribution in [0.15, 0.2) is 36.4 Å². The summed E-state index contributed by atoms with van der Waals surface area (Å²) in [6, 6.07) is 8.21. The fourth-order valence-corrected chi connectivity index (χ4v) is 3.56. The topological polar surface area (TPSA) is 75.5 Å². The second-order valence-electron chi connectivity index (χ2n) is 6.52. The predicted octanol–water partition coefficient (Wildman–Crippen LogP) is 4.80. The molecule has 27 heavy (non-hydrogen) atoms. The van der Waals surface area contributed by atoms with Crippen molar-refractivity contribution in [2.24, 2.45) is 0 Å². The largest absolute Gasteiger partial charge is 0.378 e. The van der Waals surface area contributed by atoms with Crippen LogP contribution in [0.3, 0.4) is 0 Å². The average Bonchev–Trinajstić information content (AvgIpc) is 3.15. The number of nitro benzene ring substituents is 1. The van der Waals surface area contributed by atoms with Gasteiger partial charge in [-0.3, -0.25) is 14.9 Å². The summed E-state index contributed by atoms with van der Waals surface area (Å²) >= 11 is 6.10. The van der Waals surface area contributed by atoms with Crippen LogP contribution in [0, 0.1) is 15.9 Å². The Hall–Kier alpha value is -2.67. The van der Waals surface area contributed by atoms with E-state index in [1.54, 1.807) is 17.0 Å². The van der Waals surface area contributed by atoms with Gasteiger partial charge in [-0.05, 0) is 49.6 Å². The normalized spacial score (nSPS) is 14.9. The number of benzene rings is 2. The SMILES string of the molecule is CC(Nc1ccc([N+](=O)[O-])c(C(=O)N2CCCC2)c1)c1ccc(F)cc1Cl. The van der Waals surface area contributed by atoms with Crippen molar-refractivity contribution >= 4 is 28.9 Å². The Morgan fingerprint density at radius 1 is 1.26 bits per heavy atom. The highest BCUT2D eigenvalue weighted by Crippen LogP contribution is 2.30. The Balaban J connectivity index is 1.88. The number of nitro groups is 1. The van der Waals surface area contributed by atoms with Gasteiger partial charge in [0.25, 0.3) is 11.6 Å². The van der Waals surface area contributed by atoms with E-state index in [0.29, 0.717) is 24.3 Å². The minimum atomic E-state index is -0.548. The van der Waals surface area contributed by atoms with Crippen molar-refractivity contribution < 1.29 is 14.1 Å². The second-order valence-corrected chi connectivity index (χ2v) is 6.93. The van der Waals surface area contributed by atoms with Crippen LogP contribution in [0.2, 0.25) is 5.02 Å². The van der Waals surface area contributed by atoms with Crippen LogP contribution in [0.4, 0.5) is 15.8 Å². The summed E-state index contributed by atoms with van der Waals surface area (Å²) in [5.74, 6) is -0.764. The molecular weight excluding hydrogens is 373 g/mol. The van der Waals surface area contributed by atoms with Crippen molar-refractivity contribution in [1.29, 1.82) is 0 Å². The van der Waals surface area contributed by atoms with Gasteiger partial charge in [-0.15, -0.1) is 0 Å². The third-order valence-corrected chi connectivity index (χ3v) is 4.96. The summed E-state index contributed by atoms with van der Waals surface area (Å²) < 4.78 is 13.2. The smallest absolute Gasteiger partial charge is 0.282 e. The molecule has 0 bridgehead atoms. The number of amides is 1. The first-order valence-corrected chi connectivity index (χ1v) is 9.04. The number of carbonyl (C=O) groups excluding carboxylic acids is 1. The lowest BCUT2D eigenvalue weighted by Gasteiger charge is -2.19. The van der Waals surface area contributed by atoms with Crippen molar-refractivity contribution in [3.8, 4) is 0 Å². The van der Waals surface area contributed by atoms with Gasteiger partial charge in [-0.1, -0.05) is 17.7 Å². The summed E-state index contributed by atoms with van der Waals surface area (Å²) in [6.07, 6.45) is 1.80. The number of hydrogen-bond acceptors (Lipinski definition) is 4. The molecule has 1 atom stereocenters. The fraction of sp³-hybridized carbons (Fsp3) is 0.316. The Bertz CT molecular complexity index is 884. The lowest BCUT2D eigenvalue weighted by molar-refractivity contribution is -0.385. The molecular formula is C19H19ClFN3O3. The molecule has 0 spiro atoms. The highest BCUT2D eigenvalue weighted by molar-refractivity contribution is 6.31. The number of halogens is 2. The van der Waals surface area contributed by atoms with Crippen molar-refractivity contribution in [2.45, 2.75) is 25.8 Å². The van der Waals surface area contributed by atoms with Gasteiger partial charge in [-0.25, -0.2) is 4.39 Å². The fourth-order valence-electron chi connectivity index (χ4n) is 3.23. The minimum Gasteiger partial charge on any atom is -0.378 e. The van der Waals surface area contributed by atoms with E-state index in [1.165, 1.54) is 24.3 Å². The van der Waals surface area contributed by atoms with Crippen LogP contribution in [0.25, 0.3) is 0 Å². The molecule has 1 heterocycles. The lowest BCUT2D eigenvalue weighted by Crippen LogP contribution is -2.28. The van der Waals surface area contributed by atoms with Gasteiger partial charge < -0.3 is 10.2 Å². The molecule has 0 saturated carbocycles. The highest BCUT2D eigenvalue weighted by Gasteiger charge is 2.27. The molecule has 1 amide bonds. The van der Waals surface area contributed by atoms with Crippen LogP contribution >= 0.6 is 11.6 Å². The van der Waals surface area contributed by atoms with Gasteiger partial charge >= 0.3 is 0 Å². The Morgan fingerprint density at radius 2 is 1.96 bits per heavy atom. The number of likely N-dealkylation sites (tertiary alicyclic amines) is 1. The zero-order valence-corrected chi connectivity index (χ0v) is 15.5. The van der Waals surface area contributed by atoms with Gasteiger partial charge in [0, 0.05) is 35.9 Å². The zero-order chi connectivity index (χ0) is 19.6. The number of hydrogen-bond donors (Lipinski definition) is 1. The van der Waals surface area contributed by atoms with Crippen molar-refractivity contribution in [2.75, 3.05) is 18.4 Å². The van der Waals surface area contributed by atoms with E-state index in [9.17, 15) is 19.3 Å². The maximum absolute atomic E-state index is 13.2. The number of rotatable bonds is 5. The number of nitrogens with zero attached hydrogens (tertiary/aromatic N) is 2. The molecule has 1 aliphatic heterocycles. The third-order valence-electron chi connectivity index (χ3n) is 4.63. The Kier molecular flexibility index (Phi) is 5.60. The molecule has 0 aliphatic carbocycles. The van der Waals surface area contributed by atoms with Crippen LogP contribution in [-0.4, -0.2) is 28.8 Å². The zero-order valence-electron chi connectivity index (χ0n) is 14.7. The average molecular weight is 392 g/mol. The molecule has 1 saturated heterocycles. The van der Waals surface area contributed by atoms with Crippen LogP contribution in [0.5, 0.6) is 0 Å². The summed E-state index contributed by atoms with van der Waals surface area (Å²) in [6.45, 7) is 3.05. The van der Waals surface area contributed by atoms with E-state index in [4.69, 9.17) is 11.6 Å². The number of anilines is 1. The standard InChI is InChI=1S/C19H19ClFN3O3/c1-12(15-6-4-13(21)10-17(15)20)22-14-5-7-18(24(26)27)16(11-14)19(25)23-8-2-3-9-23/h4-7,10-12,22H,2-3,8-9H2,1H3. The first kappa shape index (κ1) is 19.1. The van der Waals surface area contributed by atoms with E-state index in [-0.39, 0.29) is 28.2 Å². The summed E-state index contributed by atoms with van der Waals surface area (Å²) in [5, 5.41) is 14.8. The van der Waals surface area contributed by atoms with Crippen molar-refractivity contribution in [3.05, 3.63) is 68.5 Å². The van der Waals surface area contributed by atoms with Gasteiger partial charge in [0.15, 0.2) is 0 Å². The molecule has 142 valence electrons. The van der Waals surface area contributed by atoms with E-state index in [2.05, 4.69) is 5.32 Å². The molecule has 1 fully saturated rings. The molecule has 8 heteroatoms. The number of nitrogens with one attached hydrogen (secondary N) is 1. The number of carbonyl (C=O) groups is 1. The summed E-state index contributed by atoms with van der Waals surface area (Å²) in [7, 11) is 0. The van der Waals surface area contributed by atoms with Crippen LogP contribution < -0.4 is 5.32 Å². The van der Waals surface area contributed by atoms with Crippen molar-refractivity contribution in [1.82, 2.24) is 4.90 Å². The first-order valence-electron chi connectivity index (χ1n) is 8.66. The van der Waals surface area contributed by atoms with E-state index in [1.807, 2.05) is 6.92 Å². The van der Waals surface area contributed by atoms with Crippen LogP contribution in [0.1, 0.15) is 41.7 Å². The third kappa shape index (κ3) is 4.19. The molecule has 3 rings (SSSR count). The molecule has 6 nitrogen and oxygen atoms in total. The lowest BCUT2D eigenvalue weighted by atomic mass is 10.1. The molecule has 0 aromatic heterocycles. The molecule has 2 aromatic rings. The van der Waals surface area contributed by atoms with Gasteiger partial charge in [-0.2, -0.15) is 0 Å². The first-order chi connectivity index (χ1) is 12.9. The predicted molar refractivity (Wildman–Crippen MR) is 102 cm³/mol. The summed E-state index contributed by atoms with van der Waals surface area (Å²) in [4.78, 5) is 25.1. The van der Waals surface area contributed by atoms with E-state index < -0.39 is 10.7 Å². The van der Waals surface area contributed by atoms with Gasteiger partial charge in [0.1, 0.15) is 11.4 Å². The molecule has 2 aromatic carbocycles. The highest BCUT2D eigenvalue weighted by atomic mass is 35.5. The van der Waals surface area contributed by atoms with E-state index in [0.717, 1.165) is 12.8 Å². The maximum atomic E-state index is 13.2. The molecule has 1 unspecified atom stereocenters. The monoisotopic (exact) mass is 391 g/mol. The van der Waals surface area contributed by atoms with Gasteiger partial charge in [0.05, 0.1) is 4.92 Å². The van der Waals surface area contributed by atoms with Gasteiger partial charge in [0.2, 0.25) is 0 Å². The minimum absolute atomic E-state index is 0.0595. The maximum Gasteiger partial charge on any atom is 0.282 e.